The second-order valence-corrected chi connectivity index (χ2v) is 13.3. The minimum Gasteiger partial charge on any atom is -0.361 e. The lowest BCUT2D eigenvalue weighted by atomic mass is 9.90. The summed E-state index contributed by atoms with van der Waals surface area (Å²) in [6, 6.07) is 13.4. The quantitative estimate of drug-likeness (QED) is 0.393. The number of rotatable bonds is 7. The third-order valence-electron chi connectivity index (χ3n) is 8.47. The molecule has 6 rings (SSSR count). The Hall–Kier alpha value is -3.17. The summed E-state index contributed by atoms with van der Waals surface area (Å²) in [4.78, 5) is 51.2. The number of amides is 4. The third kappa shape index (κ3) is 5.42. The number of nitrogens with one attached hydrogen (secondary N) is 2. The lowest BCUT2D eigenvalue weighted by molar-refractivity contribution is -0.136. The molecule has 2 N–H and O–H groups in total. The van der Waals surface area contributed by atoms with Crippen molar-refractivity contribution in [2.75, 3.05) is 39.3 Å². The molecule has 3 aromatic rings. The van der Waals surface area contributed by atoms with Crippen molar-refractivity contribution in [3.05, 3.63) is 64.8 Å². The van der Waals surface area contributed by atoms with Crippen LogP contribution >= 0.6 is 23.4 Å². The molecule has 0 radical (unpaired) electrons. The van der Waals surface area contributed by atoms with E-state index >= 15 is 0 Å². The number of halogens is 1. The molecule has 1 saturated carbocycles. The first-order valence-corrected chi connectivity index (χ1v) is 15.6. The van der Waals surface area contributed by atoms with Gasteiger partial charge in [0, 0.05) is 71.8 Å². The molecule has 0 spiro atoms. The van der Waals surface area contributed by atoms with Crippen molar-refractivity contribution < 1.29 is 14.4 Å². The van der Waals surface area contributed by atoms with Crippen molar-refractivity contribution in [2.45, 2.75) is 48.8 Å². The second kappa shape index (κ2) is 11.2. The molecule has 41 heavy (non-hydrogen) atoms. The van der Waals surface area contributed by atoms with Gasteiger partial charge in [-0.05, 0) is 56.9 Å². The predicted molar refractivity (Wildman–Crippen MR) is 162 cm³/mol. The van der Waals surface area contributed by atoms with Gasteiger partial charge in [-0.15, -0.1) is 11.8 Å². The van der Waals surface area contributed by atoms with Crippen LogP contribution in [0, 0.1) is 12.8 Å². The van der Waals surface area contributed by atoms with Crippen LogP contribution in [0.15, 0.2) is 53.6 Å². The Bertz CT molecular complexity index is 1460. The van der Waals surface area contributed by atoms with Gasteiger partial charge < -0.3 is 25.0 Å². The molecule has 0 bridgehead atoms. The molecule has 10 heteroatoms. The summed E-state index contributed by atoms with van der Waals surface area (Å²) in [6.07, 6.45) is 4.29. The summed E-state index contributed by atoms with van der Waals surface area (Å²) in [5.41, 5.74) is 2.96. The lowest BCUT2D eigenvalue weighted by Crippen LogP contribution is -2.58. The molecule has 4 amide bonds. The topological polar surface area (TPSA) is 88.8 Å². The van der Waals surface area contributed by atoms with E-state index in [9.17, 15) is 14.4 Å². The van der Waals surface area contributed by atoms with E-state index in [2.05, 4.69) is 10.3 Å². The monoisotopic (exact) mass is 593 g/mol. The van der Waals surface area contributed by atoms with E-state index < -0.39 is 10.8 Å². The number of hydrogen-bond acceptors (Lipinski definition) is 4. The normalized spacial score (nSPS) is 23.0. The molecule has 2 saturated heterocycles. The average Bonchev–Trinajstić information content (AvgIpc) is 3.64. The van der Waals surface area contributed by atoms with Crippen molar-refractivity contribution in [3.63, 3.8) is 0 Å². The first-order chi connectivity index (χ1) is 19.8. The van der Waals surface area contributed by atoms with E-state index in [4.69, 9.17) is 11.6 Å². The molecule has 3 aliphatic rings. The summed E-state index contributed by atoms with van der Waals surface area (Å²) >= 11 is 7.83. The Kier molecular flexibility index (Phi) is 7.68. The minimum atomic E-state index is -1.07. The van der Waals surface area contributed by atoms with Gasteiger partial charge in [0.25, 0.3) is 0 Å². The summed E-state index contributed by atoms with van der Waals surface area (Å²) in [6.45, 7) is 6.92. The van der Waals surface area contributed by atoms with Gasteiger partial charge >= 0.3 is 6.03 Å². The highest BCUT2D eigenvalue weighted by molar-refractivity contribution is 8.01. The van der Waals surface area contributed by atoms with E-state index in [-0.39, 0.29) is 24.3 Å². The summed E-state index contributed by atoms with van der Waals surface area (Å²) in [7, 11) is 0. The standard InChI is InChI=1S/C31H36ClN5O3S/c1-3-33-30(40)36-14-12-35(13-15-36)29(39)31(41-23-9-4-20(2)5-10-23)17-27(38)37(19-21-6-7-21)28(31)25-18-34-26-16-22(32)8-11-24(25)26/h4-5,8-11,16,18,21,28,34H,3,6-7,12-15,17,19H2,1-2H3,(H,33,40)/t28-,31-/m0/s1. The number of thioether (sulfide) groups is 1. The molecule has 8 nitrogen and oxygen atoms in total. The molecule has 3 fully saturated rings. The van der Waals surface area contributed by atoms with Crippen molar-refractivity contribution >= 4 is 52.1 Å². The molecule has 2 atom stereocenters. The van der Waals surface area contributed by atoms with Gasteiger partial charge in [-0.25, -0.2) is 4.79 Å². The zero-order valence-electron chi connectivity index (χ0n) is 23.5. The number of H-pyrrole nitrogens is 1. The maximum atomic E-state index is 14.9. The first kappa shape index (κ1) is 28.0. The molecule has 2 aliphatic heterocycles. The smallest absolute Gasteiger partial charge is 0.317 e. The van der Waals surface area contributed by atoms with Crippen LogP contribution < -0.4 is 5.32 Å². The number of carbonyl (C=O) groups excluding carboxylic acids is 3. The van der Waals surface area contributed by atoms with Gasteiger partial charge in [-0.1, -0.05) is 35.4 Å². The molecular weight excluding hydrogens is 558 g/mol. The van der Waals surface area contributed by atoms with E-state index in [1.54, 1.807) is 4.90 Å². The fourth-order valence-corrected chi connectivity index (χ4v) is 7.80. The number of hydrogen-bond donors (Lipinski definition) is 2. The van der Waals surface area contributed by atoms with E-state index in [0.29, 0.717) is 50.2 Å². The fraction of sp³-hybridized carbons (Fsp3) is 0.452. The minimum absolute atomic E-state index is 0.0131. The Balaban J connectivity index is 1.43. The van der Waals surface area contributed by atoms with E-state index in [1.807, 2.05) is 72.3 Å². The van der Waals surface area contributed by atoms with Crippen molar-refractivity contribution in [1.82, 2.24) is 25.0 Å². The van der Waals surface area contributed by atoms with E-state index in [0.717, 1.165) is 39.8 Å². The highest BCUT2D eigenvalue weighted by atomic mass is 35.5. The van der Waals surface area contributed by atoms with Crippen LogP contribution in [0.25, 0.3) is 10.9 Å². The maximum Gasteiger partial charge on any atom is 0.317 e. The Morgan fingerprint density at radius 2 is 1.78 bits per heavy atom. The number of likely N-dealkylation sites (tertiary alicyclic amines) is 1. The van der Waals surface area contributed by atoms with Crippen LogP contribution in [0.2, 0.25) is 5.02 Å². The van der Waals surface area contributed by atoms with Crippen molar-refractivity contribution in [3.8, 4) is 0 Å². The lowest BCUT2D eigenvalue weighted by Gasteiger charge is -2.42. The van der Waals surface area contributed by atoms with Gasteiger partial charge in [-0.3, -0.25) is 9.59 Å². The molecule has 1 aliphatic carbocycles. The largest absolute Gasteiger partial charge is 0.361 e. The maximum absolute atomic E-state index is 14.9. The average molecular weight is 594 g/mol. The Morgan fingerprint density at radius 3 is 2.46 bits per heavy atom. The molecule has 3 heterocycles. The number of piperazine rings is 1. The van der Waals surface area contributed by atoms with Crippen LogP contribution in [0.5, 0.6) is 0 Å². The van der Waals surface area contributed by atoms with Gasteiger partial charge in [0.1, 0.15) is 4.75 Å². The van der Waals surface area contributed by atoms with Gasteiger partial charge in [0.15, 0.2) is 0 Å². The van der Waals surface area contributed by atoms with Crippen LogP contribution in [0.3, 0.4) is 0 Å². The second-order valence-electron chi connectivity index (χ2n) is 11.4. The number of fused-ring (bicyclic) bond motifs is 1. The van der Waals surface area contributed by atoms with E-state index in [1.165, 1.54) is 11.8 Å². The Morgan fingerprint density at radius 1 is 1.07 bits per heavy atom. The number of aromatic nitrogens is 1. The zero-order valence-corrected chi connectivity index (χ0v) is 25.1. The van der Waals surface area contributed by atoms with Gasteiger partial charge in [0.2, 0.25) is 11.8 Å². The summed E-state index contributed by atoms with van der Waals surface area (Å²) < 4.78 is -1.07. The number of nitrogens with zero attached hydrogens (tertiary/aromatic N) is 3. The molecular formula is C31H36ClN5O3S. The summed E-state index contributed by atoms with van der Waals surface area (Å²) in [5, 5.41) is 4.46. The number of carbonyl (C=O) groups is 3. The highest BCUT2D eigenvalue weighted by Gasteiger charge is 2.60. The van der Waals surface area contributed by atoms with Gasteiger partial charge in [-0.2, -0.15) is 0 Å². The van der Waals surface area contributed by atoms with Crippen LogP contribution in [0.4, 0.5) is 4.79 Å². The number of aromatic amines is 1. The summed E-state index contributed by atoms with van der Waals surface area (Å²) in [5.74, 6) is 0.440. The number of urea groups is 1. The predicted octanol–water partition coefficient (Wildman–Crippen LogP) is 5.22. The molecule has 0 unspecified atom stereocenters. The Labute approximate surface area is 249 Å². The molecule has 216 valence electrons. The van der Waals surface area contributed by atoms with Crippen LogP contribution in [-0.2, 0) is 9.59 Å². The third-order valence-corrected chi connectivity index (χ3v) is 10.1. The first-order valence-electron chi connectivity index (χ1n) is 14.4. The number of benzene rings is 2. The van der Waals surface area contributed by atoms with Crippen LogP contribution in [-0.4, -0.2) is 81.5 Å². The SMILES string of the molecule is CCNC(=O)N1CCN(C(=O)[C@]2(Sc3ccc(C)cc3)CC(=O)N(CC3CC3)[C@H]2c2c[nH]c3cc(Cl)ccc23)CC1. The van der Waals surface area contributed by atoms with Gasteiger partial charge in [0.05, 0.1) is 12.5 Å². The highest BCUT2D eigenvalue weighted by Crippen LogP contribution is 2.55. The van der Waals surface area contributed by atoms with Crippen molar-refractivity contribution in [1.29, 1.82) is 0 Å². The van der Waals surface area contributed by atoms with Crippen molar-refractivity contribution in [2.24, 2.45) is 5.92 Å². The zero-order chi connectivity index (χ0) is 28.7. The number of aryl methyl sites for hydroxylation is 1. The van der Waals surface area contributed by atoms with Crippen LogP contribution in [0.1, 0.15) is 43.4 Å². The fourth-order valence-electron chi connectivity index (χ4n) is 6.16. The molecule has 2 aromatic carbocycles. The molecule has 1 aromatic heterocycles.